The Bertz CT molecular complexity index is 1630. The molecule has 0 radical (unpaired) electrons. The maximum Gasteiger partial charge on any atom is 0.280 e. The Morgan fingerprint density at radius 2 is 1.82 bits per heavy atom. The van der Waals surface area contributed by atoms with Gasteiger partial charge < -0.3 is 4.42 Å². The van der Waals surface area contributed by atoms with Gasteiger partial charge in [0.15, 0.2) is 0 Å². The summed E-state index contributed by atoms with van der Waals surface area (Å²) >= 11 is 1.30. The van der Waals surface area contributed by atoms with Crippen LogP contribution in [0.5, 0.6) is 0 Å². The zero-order chi connectivity index (χ0) is 27.1. The minimum absolute atomic E-state index is 0.00838. The molecule has 0 spiro atoms. The fourth-order valence-electron chi connectivity index (χ4n) is 3.52. The normalized spacial score (nSPS) is 11.6. The van der Waals surface area contributed by atoms with E-state index in [2.05, 4.69) is 10.1 Å². The molecule has 1 amide bonds. The van der Waals surface area contributed by atoms with Crippen LogP contribution in [-0.4, -0.2) is 42.9 Å². The van der Waals surface area contributed by atoms with E-state index in [1.54, 1.807) is 12.1 Å². The van der Waals surface area contributed by atoms with Crippen LogP contribution in [0.3, 0.4) is 0 Å². The fraction of sp³-hybridized carbons (Fsp3) is 0.192. The highest BCUT2D eigenvalue weighted by Gasteiger charge is 2.26. The van der Waals surface area contributed by atoms with Crippen LogP contribution in [0.2, 0.25) is 0 Å². The SMILES string of the molecule is Cc1ccc2nc(N(/N=C/c3ccco3)C(=O)c3ccc(S(=O)(=O)N(CCC#N)CCC#N)cc3)sc2c1. The van der Waals surface area contributed by atoms with E-state index in [1.807, 2.05) is 37.3 Å². The van der Waals surface area contributed by atoms with Gasteiger partial charge in [0, 0.05) is 31.5 Å². The topological polar surface area (TPSA) is 144 Å². The average Bonchev–Trinajstić information content (AvgIpc) is 3.58. The summed E-state index contributed by atoms with van der Waals surface area (Å²) in [5.74, 6) is -0.0747. The van der Waals surface area contributed by atoms with E-state index in [1.165, 1.54) is 48.1 Å². The van der Waals surface area contributed by atoms with Crippen molar-refractivity contribution in [3.8, 4) is 12.1 Å². The molecule has 2 heterocycles. The van der Waals surface area contributed by atoms with Crippen molar-refractivity contribution in [3.63, 3.8) is 0 Å². The summed E-state index contributed by atoms with van der Waals surface area (Å²) in [5.41, 5.74) is 1.97. The maximum atomic E-state index is 13.5. The quantitative estimate of drug-likeness (QED) is 0.207. The second-order valence-corrected chi connectivity index (χ2v) is 11.0. The van der Waals surface area contributed by atoms with Crippen molar-refractivity contribution in [2.24, 2.45) is 5.10 Å². The number of benzene rings is 2. The molecular formula is C26H22N6O4S2. The summed E-state index contributed by atoms with van der Waals surface area (Å²) in [7, 11) is -3.97. The van der Waals surface area contributed by atoms with Gasteiger partial charge >= 0.3 is 0 Å². The van der Waals surface area contributed by atoms with Gasteiger partial charge in [0.25, 0.3) is 5.91 Å². The molecule has 0 unspecified atom stereocenters. The second-order valence-electron chi connectivity index (χ2n) is 8.09. The minimum atomic E-state index is -3.97. The van der Waals surface area contributed by atoms with Crippen LogP contribution in [-0.2, 0) is 10.0 Å². The van der Waals surface area contributed by atoms with Crippen molar-refractivity contribution < 1.29 is 17.6 Å². The zero-order valence-corrected chi connectivity index (χ0v) is 21.9. The Hall–Kier alpha value is -4.36. The Labute approximate surface area is 223 Å². The molecule has 0 N–H and O–H groups in total. The molecule has 0 aliphatic rings. The first-order valence-corrected chi connectivity index (χ1v) is 13.7. The number of anilines is 1. The van der Waals surface area contributed by atoms with Gasteiger partial charge in [-0.2, -0.15) is 24.9 Å². The van der Waals surface area contributed by atoms with Crippen molar-refractivity contribution in [2.75, 3.05) is 18.1 Å². The van der Waals surface area contributed by atoms with Gasteiger partial charge in [0.1, 0.15) is 5.76 Å². The van der Waals surface area contributed by atoms with Crippen LogP contribution >= 0.6 is 11.3 Å². The van der Waals surface area contributed by atoms with Crippen LogP contribution in [0, 0.1) is 29.6 Å². The molecule has 2 aromatic heterocycles. The second kappa shape index (κ2) is 11.8. The van der Waals surface area contributed by atoms with Crippen LogP contribution in [0.25, 0.3) is 10.2 Å². The van der Waals surface area contributed by atoms with E-state index < -0.39 is 15.9 Å². The van der Waals surface area contributed by atoms with E-state index >= 15 is 0 Å². The third-order valence-corrected chi connectivity index (χ3v) is 8.34. The lowest BCUT2D eigenvalue weighted by atomic mass is 10.2. The molecular weight excluding hydrogens is 524 g/mol. The number of hydrazone groups is 1. The molecule has 0 saturated carbocycles. The van der Waals surface area contributed by atoms with E-state index in [-0.39, 0.29) is 36.4 Å². The number of sulfonamides is 1. The molecule has 4 rings (SSSR count). The number of furan rings is 1. The molecule has 192 valence electrons. The van der Waals surface area contributed by atoms with Gasteiger partial charge in [-0.25, -0.2) is 13.4 Å². The Balaban J connectivity index is 1.66. The Morgan fingerprint density at radius 3 is 2.45 bits per heavy atom. The van der Waals surface area contributed by atoms with Crippen molar-refractivity contribution in [1.82, 2.24) is 9.29 Å². The Kier molecular flexibility index (Phi) is 8.28. The highest BCUT2D eigenvalue weighted by molar-refractivity contribution is 7.89. The number of aromatic nitrogens is 1. The molecule has 4 aromatic rings. The van der Waals surface area contributed by atoms with Gasteiger partial charge in [-0.15, -0.1) is 0 Å². The third kappa shape index (κ3) is 5.95. The monoisotopic (exact) mass is 546 g/mol. The summed E-state index contributed by atoms with van der Waals surface area (Å²) < 4.78 is 33.5. The number of hydrogen-bond acceptors (Lipinski definition) is 9. The lowest BCUT2D eigenvalue weighted by Gasteiger charge is -2.20. The Morgan fingerprint density at radius 1 is 1.11 bits per heavy atom. The summed E-state index contributed by atoms with van der Waals surface area (Å²) in [6.07, 6.45) is 2.87. The third-order valence-electron chi connectivity index (χ3n) is 5.43. The van der Waals surface area contributed by atoms with Crippen molar-refractivity contribution in [1.29, 1.82) is 10.5 Å². The lowest BCUT2D eigenvalue weighted by molar-refractivity contribution is 0.0987. The predicted octanol–water partition coefficient (Wildman–Crippen LogP) is 4.70. The number of carbonyl (C=O) groups is 1. The predicted molar refractivity (Wildman–Crippen MR) is 143 cm³/mol. The smallest absolute Gasteiger partial charge is 0.280 e. The van der Waals surface area contributed by atoms with Gasteiger partial charge in [-0.3, -0.25) is 4.79 Å². The number of amides is 1. The average molecular weight is 547 g/mol. The first kappa shape index (κ1) is 26.7. The summed E-state index contributed by atoms with van der Waals surface area (Å²) in [4.78, 5) is 18.1. The number of nitriles is 2. The molecule has 0 fully saturated rings. The van der Waals surface area contributed by atoms with Gasteiger partial charge in [-0.05, 0) is 61.0 Å². The first-order chi connectivity index (χ1) is 18.3. The molecule has 0 atom stereocenters. The molecule has 0 aliphatic carbocycles. The number of fused-ring (bicyclic) bond motifs is 1. The maximum absolute atomic E-state index is 13.5. The number of aryl methyl sites for hydroxylation is 1. The highest BCUT2D eigenvalue weighted by Crippen LogP contribution is 2.31. The van der Waals surface area contributed by atoms with Crippen LogP contribution in [0.1, 0.15) is 34.5 Å². The van der Waals surface area contributed by atoms with Crippen molar-refractivity contribution in [2.45, 2.75) is 24.7 Å². The lowest BCUT2D eigenvalue weighted by Crippen LogP contribution is -2.33. The number of thiazole rings is 1. The zero-order valence-electron chi connectivity index (χ0n) is 20.3. The molecule has 12 heteroatoms. The van der Waals surface area contributed by atoms with Crippen molar-refractivity contribution in [3.05, 3.63) is 77.7 Å². The van der Waals surface area contributed by atoms with E-state index in [0.717, 1.165) is 25.1 Å². The van der Waals surface area contributed by atoms with E-state index in [4.69, 9.17) is 14.9 Å². The van der Waals surface area contributed by atoms with E-state index in [0.29, 0.717) is 10.9 Å². The van der Waals surface area contributed by atoms with Crippen LogP contribution < -0.4 is 5.01 Å². The van der Waals surface area contributed by atoms with Gasteiger partial charge in [-0.1, -0.05) is 17.4 Å². The number of nitrogens with zero attached hydrogens (tertiary/aromatic N) is 6. The van der Waals surface area contributed by atoms with Gasteiger partial charge in [0.05, 0.1) is 39.7 Å². The molecule has 0 aliphatic heterocycles. The first-order valence-electron chi connectivity index (χ1n) is 11.5. The van der Waals surface area contributed by atoms with Crippen LogP contribution in [0.4, 0.5) is 5.13 Å². The summed E-state index contributed by atoms with van der Waals surface area (Å²) in [6.45, 7) is 1.90. The molecule has 10 nitrogen and oxygen atoms in total. The number of rotatable bonds is 10. The number of hydrogen-bond donors (Lipinski definition) is 0. The standard InChI is InChI=1S/C26H22N6O4S2/c1-19-6-11-23-24(17-19)37-26(30-23)32(29-18-21-5-2-16-36-21)25(33)20-7-9-22(10-8-20)38(34,35)31(14-3-12-27)15-4-13-28/h2,5-11,16-18H,3-4,14-15H2,1H3/b29-18+. The van der Waals surface area contributed by atoms with Gasteiger partial charge in [0.2, 0.25) is 15.2 Å². The summed E-state index contributed by atoms with van der Waals surface area (Å²) in [5, 5.41) is 23.6. The summed E-state index contributed by atoms with van der Waals surface area (Å²) in [6, 6.07) is 18.4. The van der Waals surface area contributed by atoms with E-state index in [9.17, 15) is 13.2 Å². The molecule has 38 heavy (non-hydrogen) atoms. The largest absolute Gasteiger partial charge is 0.463 e. The van der Waals surface area contributed by atoms with Crippen LogP contribution in [0.15, 0.2) is 75.3 Å². The minimum Gasteiger partial charge on any atom is -0.463 e. The highest BCUT2D eigenvalue weighted by atomic mass is 32.2. The molecule has 0 saturated heterocycles. The fourth-order valence-corrected chi connectivity index (χ4v) is 5.98. The molecule has 0 bridgehead atoms. The van der Waals surface area contributed by atoms with Crippen molar-refractivity contribution >= 4 is 48.8 Å². The molecule has 2 aromatic carbocycles. The number of carbonyl (C=O) groups excluding carboxylic acids is 1.